The number of hydrogen-bond acceptors (Lipinski definition) is 6. The summed E-state index contributed by atoms with van der Waals surface area (Å²) in [6, 6.07) is 14.9. The van der Waals surface area contributed by atoms with E-state index in [9.17, 15) is 19.5 Å². The number of nitrogens with one attached hydrogen (secondary N) is 1. The third-order valence-electron chi connectivity index (χ3n) is 8.29. The van der Waals surface area contributed by atoms with Gasteiger partial charge in [0.1, 0.15) is 5.75 Å². The number of carbonyl (C=O) groups is 2. The Labute approximate surface area is 204 Å². The van der Waals surface area contributed by atoms with Crippen molar-refractivity contribution in [3.8, 4) is 5.75 Å². The smallest absolute Gasteiger partial charge is 0.305 e. The number of anilines is 1. The number of amides is 2. The van der Waals surface area contributed by atoms with Crippen LogP contribution in [0.4, 0.5) is 5.69 Å². The average molecular weight is 491 g/mol. The maximum atomic E-state index is 13.7. The van der Waals surface area contributed by atoms with Crippen molar-refractivity contribution in [2.75, 3.05) is 4.90 Å². The lowest BCUT2D eigenvalue weighted by Gasteiger charge is -2.43. The molecule has 2 aliphatic heterocycles. The fraction of sp³-hybridized carbons (Fsp3) is 0.346. The molecule has 3 aromatic rings. The molecule has 1 saturated heterocycles. The molecule has 7 rings (SSSR count). The highest BCUT2D eigenvalue weighted by molar-refractivity contribution is 8.00. The number of aromatic nitrogens is 1. The van der Waals surface area contributed by atoms with Crippen molar-refractivity contribution in [2.24, 2.45) is 29.6 Å². The zero-order valence-corrected chi connectivity index (χ0v) is 19.9. The zero-order valence-electron chi connectivity index (χ0n) is 18.3. The van der Waals surface area contributed by atoms with Crippen LogP contribution in [0.5, 0.6) is 5.75 Å². The highest BCUT2D eigenvalue weighted by atomic mass is 32.2. The van der Waals surface area contributed by atoms with Crippen LogP contribution in [-0.2, 0) is 9.59 Å². The Morgan fingerprint density at radius 2 is 1.68 bits per heavy atom. The van der Waals surface area contributed by atoms with Gasteiger partial charge in [0.05, 0.1) is 22.5 Å². The van der Waals surface area contributed by atoms with Crippen LogP contribution in [0.1, 0.15) is 28.3 Å². The first-order chi connectivity index (χ1) is 16.4. The molecule has 34 heavy (non-hydrogen) atoms. The van der Waals surface area contributed by atoms with E-state index in [0.29, 0.717) is 5.69 Å². The molecule has 2 bridgehead atoms. The summed E-state index contributed by atoms with van der Waals surface area (Å²) in [4.78, 5) is 44.8. The number of phenolic OH excluding ortho intramolecular Hbond substituents is 1. The summed E-state index contributed by atoms with van der Waals surface area (Å²) in [7, 11) is 0. The minimum atomic E-state index is -0.341. The fourth-order valence-corrected chi connectivity index (χ4v) is 9.94. The number of benzene rings is 2. The number of para-hydroxylation sites is 1. The molecule has 7 atom stereocenters. The van der Waals surface area contributed by atoms with E-state index in [2.05, 4.69) is 4.98 Å². The maximum Gasteiger partial charge on any atom is 0.305 e. The molecule has 4 aliphatic rings. The number of thiazole rings is 1. The normalized spacial score (nSPS) is 33.2. The highest BCUT2D eigenvalue weighted by Gasteiger charge is 2.69. The quantitative estimate of drug-likeness (QED) is 0.527. The van der Waals surface area contributed by atoms with Crippen LogP contribution in [0, 0.1) is 36.5 Å². The van der Waals surface area contributed by atoms with Gasteiger partial charge in [-0.2, -0.15) is 0 Å². The van der Waals surface area contributed by atoms with E-state index in [0.717, 1.165) is 27.5 Å². The van der Waals surface area contributed by atoms with Gasteiger partial charge in [0.2, 0.25) is 11.8 Å². The van der Waals surface area contributed by atoms with E-state index >= 15 is 0 Å². The standard InChI is InChI=1S/C26H22N2O4S2/c1-11-6-8-12(9-7-11)28-24(30)19-14-10-15(20(19)25(28)31)21-18(14)17(13-4-2-3-5-16(13)29)22-23(33-21)27-26(32)34-22/h2-9,14-15,17-21,29H,10H2,1H3,(H,27,32)/t14-,15+,17-,18+,19+,20-,21-/m1/s1. The molecule has 1 aromatic heterocycles. The number of rotatable bonds is 2. The molecule has 2 saturated carbocycles. The summed E-state index contributed by atoms with van der Waals surface area (Å²) in [5.74, 6) is -0.615. The first kappa shape index (κ1) is 20.5. The number of H-pyrrole nitrogens is 1. The van der Waals surface area contributed by atoms with Crippen LogP contribution in [0.3, 0.4) is 0 Å². The summed E-state index contributed by atoms with van der Waals surface area (Å²) in [6.45, 7) is 1.98. The Morgan fingerprint density at radius 1 is 0.971 bits per heavy atom. The predicted octanol–water partition coefficient (Wildman–Crippen LogP) is 4.13. The molecule has 8 heteroatoms. The number of nitrogens with zero attached hydrogens (tertiary/aromatic N) is 1. The van der Waals surface area contributed by atoms with Crippen molar-refractivity contribution in [1.29, 1.82) is 0 Å². The van der Waals surface area contributed by atoms with Crippen molar-refractivity contribution in [3.05, 3.63) is 74.2 Å². The second-order valence-corrected chi connectivity index (χ2v) is 12.1. The van der Waals surface area contributed by atoms with Crippen molar-refractivity contribution in [3.63, 3.8) is 0 Å². The van der Waals surface area contributed by atoms with Gasteiger partial charge in [-0.1, -0.05) is 47.2 Å². The van der Waals surface area contributed by atoms with Crippen molar-refractivity contribution < 1.29 is 14.7 Å². The van der Waals surface area contributed by atoms with E-state index in [1.54, 1.807) is 23.9 Å². The molecule has 172 valence electrons. The van der Waals surface area contributed by atoms with Gasteiger partial charge in [0.15, 0.2) is 0 Å². The molecule has 2 aliphatic carbocycles. The van der Waals surface area contributed by atoms with Crippen molar-refractivity contribution >= 4 is 40.6 Å². The van der Waals surface area contributed by atoms with Gasteiger partial charge in [-0.05, 0) is 49.3 Å². The first-order valence-corrected chi connectivity index (χ1v) is 13.3. The van der Waals surface area contributed by atoms with Gasteiger partial charge in [-0.25, -0.2) is 0 Å². The second-order valence-electron chi connectivity index (χ2n) is 9.87. The Hall–Kier alpha value is -2.84. The molecule has 0 radical (unpaired) electrons. The van der Waals surface area contributed by atoms with Gasteiger partial charge in [-0.15, -0.1) is 11.8 Å². The molecule has 0 unspecified atom stereocenters. The lowest BCUT2D eigenvalue weighted by Crippen LogP contribution is -2.42. The number of aromatic amines is 1. The van der Waals surface area contributed by atoms with E-state index in [1.807, 2.05) is 43.3 Å². The predicted molar refractivity (Wildman–Crippen MR) is 130 cm³/mol. The topological polar surface area (TPSA) is 90.5 Å². The summed E-state index contributed by atoms with van der Waals surface area (Å²) < 4.78 is 0. The molecule has 2 aromatic carbocycles. The number of thioether (sulfide) groups is 1. The average Bonchev–Trinajstić information content (AvgIpc) is 3.54. The van der Waals surface area contributed by atoms with E-state index < -0.39 is 0 Å². The summed E-state index contributed by atoms with van der Waals surface area (Å²) in [5.41, 5.74) is 2.52. The minimum Gasteiger partial charge on any atom is -0.508 e. The summed E-state index contributed by atoms with van der Waals surface area (Å²) >= 11 is 2.86. The number of aryl methyl sites for hydroxylation is 1. The zero-order chi connectivity index (χ0) is 23.3. The minimum absolute atomic E-state index is 0.0364. The summed E-state index contributed by atoms with van der Waals surface area (Å²) in [6.07, 6.45) is 0.833. The number of fused-ring (bicyclic) bond motifs is 9. The van der Waals surface area contributed by atoms with E-state index in [1.165, 1.54) is 16.2 Å². The monoisotopic (exact) mass is 490 g/mol. The van der Waals surface area contributed by atoms with Crippen LogP contribution in [-0.4, -0.2) is 27.2 Å². The largest absolute Gasteiger partial charge is 0.508 e. The molecule has 6 nitrogen and oxygen atoms in total. The maximum absolute atomic E-state index is 13.7. The van der Waals surface area contributed by atoms with Gasteiger partial charge in [-0.3, -0.25) is 19.3 Å². The SMILES string of the molecule is Cc1ccc(N2C(=O)[C@@H]3[C@@H]4C[C@@H]([C@@H]3C2=O)[C@H]2[C@@H](c3ccccc3O)c3sc(=O)[nH]c3S[C@H]42)cc1. The molecule has 2 amide bonds. The van der Waals surface area contributed by atoms with Crippen LogP contribution in [0.15, 0.2) is 58.4 Å². The number of aromatic hydroxyl groups is 1. The molecule has 0 spiro atoms. The third kappa shape index (κ3) is 2.61. The fourth-order valence-electron chi connectivity index (χ4n) is 7.06. The Morgan fingerprint density at radius 3 is 2.41 bits per heavy atom. The van der Waals surface area contributed by atoms with Gasteiger partial charge >= 0.3 is 4.87 Å². The lowest BCUT2D eigenvalue weighted by molar-refractivity contribution is -0.123. The molecular formula is C26H22N2O4S2. The highest BCUT2D eigenvalue weighted by Crippen LogP contribution is 2.69. The second kappa shape index (κ2) is 7.09. The summed E-state index contributed by atoms with van der Waals surface area (Å²) in [5, 5.41) is 11.7. The van der Waals surface area contributed by atoms with Crippen LogP contribution in [0.2, 0.25) is 0 Å². The Balaban J connectivity index is 1.34. The van der Waals surface area contributed by atoms with E-state index in [-0.39, 0.29) is 63.2 Å². The molecule has 3 fully saturated rings. The molecule has 3 heterocycles. The Bertz CT molecular complexity index is 1410. The van der Waals surface area contributed by atoms with Crippen LogP contribution in [0.25, 0.3) is 0 Å². The number of carbonyl (C=O) groups excluding carboxylic acids is 2. The number of imide groups is 1. The third-order valence-corrected chi connectivity index (χ3v) is 10.9. The van der Waals surface area contributed by atoms with Gasteiger partial charge in [0, 0.05) is 21.6 Å². The number of hydrogen-bond donors (Lipinski definition) is 2. The van der Waals surface area contributed by atoms with E-state index in [4.69, 9.17) is 0 Å². The molecular weight excluding hydrogens is 468 g/mol. The Kier molecular flexibility index (Phi) is 4.28. The first-order valence-electron chi connectivity index (χ1n) is 11.6. The van der Waals surface area contributed by atoms with Gasteiger partial charge in [0.25, 0.3) is 0 Å². The van der Waals surface area contributed by atoms with Crippen molar-refractivity contribution in [1.82, 2.24) is 4.98 Å². The van der Waals surface area contributed by atoms with Crippen LogP contribution >= 0.6 is 23.1 Å². The molecule has 2 N–H and O–H groups in total. The van der Waals surface area contributed by atoms with Crippen LogP contribution < -0.4 is 9.77 Å². The van der Waals surface area contributed by atoms with Gasteiger partial charge < -0.3 is 10.1 Å². The number of phenols is 1. The lowest BCUT2D eigenvalue weighted by atomic mass is 9.68. The van der Waals surface area contributed by atoms with Crippen molar-refractivity contribution in [2.45, 2.75) is 29.5 Å².